The normalized spacial score (nSPS) is 20.2. The zero-order chi connectivity index (χ0) is 12.3. The van der Waals surface area contributed by atoms with Crippen LogP contribution in [0.3, 0.4) is 0 Å². The maximum Gasteiger partial charge on any atom is 0.168 e. The van der Waals surface area contributed by atoms with Gasteiger partial charge in [0.1, 0.15) is 5.75 Å². The van der Waals surface area contributed by atoms with Crippen molar-refractivity contribution < 1.29 is 14.2 Å². The van der Waals surface area contributed by atoms with Crippen molar-refractivity contribution in [2.75, 3.05) is 20.2 Å². The SMILES string of the molecule is COc1cc(CC2CCCNC2)c(O)cc1F. The van der Waals surface area contributed by atoms with Gasteiger partial charge in [-0.25, -0.2) is 4.39 Å². The topological polar surface area (TPSA) is 41.5 Å². The summed E-state index contributed by atoms with van der Waals surface area (Å²) in [6.07, 6.45) is 3.06. The van der Waals surface area contributed by atoms with Gasteiger partial charge in [0.25, 0.3) is 0 Å². The Morgan fingerprint density at radius 2 is 2.35 bits per heavy atom. The third kappa shape index (κ3) is 2.88. The van der Waals surface area contributed by atoms with E-state index in [1.54, 1.807) is 6.07 Å². The predicted octanol–water partition coefficient (Wildman–Crippen LogP) is 2.08. The lowest BCUT2D eigenvalue weighted by molar-refractivity contribution is 0.361. The molecule has 2 rings (SSSR count). The molecule has 1 fully saturated rings. The summed E-state index contributed by atoms with van der Waals surface area (Å²) >= 11 is 0. The molecule has 1 unspecified atom stereocenters. The molecule has 1 heterocycles. The molecule has 2 N–H and O–H groups in total. The van der Waals surface area contributed by atoms with Gasteiger partial charge in [0, 0.05) is 6.07 Å². The summed E-state index contributed by atoms with van der Waals surface area (Å²) in [7, 11) is 1.43. The first kappa shape index (κ1) is 12.2. The van der Waals surface area contributed by atoms with Crippen molar-refractivity contribution in [3.8, 4) is 11.5 Å². The van der Waals surface area contributed by atoms with E-state index in [1.165, 1.54) is 7.11 Å². The van der Waals surface area contributed by atoms with Crippen molar-refractivity contribution in [2.45, 2.75) is 19.3 Å². The van der Waals surface area contributed by atoms with E-state index < -0.39 is 5.82 Å². The molecule has 1 aliphatic heterocycles. The molecule has 1 aromatic carbocycles. The van der Waals surface area contributed by atoms with Crippen LogP contribution in [0.25, 0.3) is 0 Å². The van der Waals surface area contributed by atoms with Gasteiger partial charge >= 0.3 is 0 Å². The molecule has 0 radical (unpaired) electrons. The number of hydrogen-bond donors (Lipinski definition) is 2. The monoisotopic (exact) mass is 239 g/mol. The molecule has 1 aliphatic rings. The van der Waals surface area contributed by atoms with Crippen LogP contribution in [0.2, 0.25) is 0 Å². The number of methoxy groups -OCH3 is 1. The number of rotatable bonds is 3. The first-order valence-corrected chi connectivity index (χ1v) is 5.97. The van der Waals surface area contributed by atoms with Crippen molar-refractivity contribution in [1.82, 2.24) is 5.32 Å². The van der Waals surface area contributed by atoms with Gasteiger partial charge in [0.2, 0.25) is 0 Å². The Morgan fingerprint density at radius 1 is 1.53 bits per heavy atom. The summed E-state index contributed by atoms with van der Waals surface area (Å²) in [5.74, 6) is 0.204. The zero-order valence-electron chi connectivity index (χ0n) is 10.0. The highest BCUT2D eigenvalue weighted by Crippen LogP contribution is 2.29. The Bertz CT molecular complexity index is 389. The molecule has 1 atom stereocenters. The predicted molar refractivity (Wildman–Crippen MR) is 63.9 cm³/mol. The summed E-state index contributed by atoms with van der Waals surface area (Å²) < 4.78 is 18.2. The number of piperidine rings is 1. The van der Waals surface area contributed by atoms with Crippen molar-refractivity contribution in [1.29, 1.82) is 0 Å². The molecule has 4 heteroatoms. The third-order valence-corrected chi connectivity index (χ3v) is 3.26. The first-order valence-electron chi connectivity index (χ1n) is 5.97. The first-order chi connectivity index (χ1) is 8.20. The van der Waals surface area contributed by atoms with Crippen LogP contribution in [0.5, 0.6) is 11.5 Å². The average molecular weight is 239 g/mol. The summed E-state index contributed by atoms with van der Waals surface area (Å²) in [5.41, 5.74) is 0.761. The quantitative estimate of drug-likeness (QED) is 0.848. The van der Waals surface area contributed by atoms with Crippen LogP contribution < -0.4 is 10.1 Å². The van der Waals surface area contributed by atoms with Crippen LogP contribution >= 0.6 is 0 Å². The van der Waals surface area contributed by atoms with Gasteiger partial charge < -0.3 is 15.2 Å². The Kier molecular flexibility index (Phi) is 3.84. The fourth-order valence-corrected chi connectivity index (χ4v) is 2.31. The molecule has 1 aromatic rings. The minimum atomic E-state index is -0.518. The van der Waals surface area contributed by atoms with E-state index in [-0.39, 0.29) is 11.5 Å². The number of phenols is 1. The molecule has 17 heavy (non-hydrogen) atoms. The largest absolute Gasteiger partial charge is 0.508 e. The van der Waals surface area contributed by atoms with Gasteiger partial charge in [0.15, 0.2) is 11.6 Å². The number of halogens is 1. The molecule has 0 spiro atoms. The fraction of sp³-hybridized carbons (Fsp3) is 0.538. The number of phenolic OH excluding ortho intramolecular Hbond substituents is 1. The molecule has 0 amide bonds. The number of nitrogens with one attached hydrogen (secondary N) is 1. The Labute approximate surface area is 101 Å². The molecule has 94 valence electrons. The van der Waals surface area contributed by atoms with E-state index in [4.69, 9.17) is 4.74 Å². The van der Waals surface area contributed by atoms with Gasteiger partial charge in [-0.3, -0.25) is 0 Å². The lowest BCUT2D eigenvalue weighted by Crippen LogP contribution is -2.30. The number of ether oxygens (including phenoxy) is 1. The average Bonchev–Trinajstić information content (AvgIpc) is 2.34. The summed E-state index contributed by atoms with van der Waals surface area (Å²) in [6, 6.07) is 2.73. The highest BCUT2D eigenvalue weighted by Gasteiger charge is 2.17. The fourth-order valence-electron chi connectivity index (χ4n) is 2.31. The number of benzene rings is 1. The molecule has 3 nitrogen and oxygen atoms in total. The minimum absolute atomic E-state index is 0.0221. The lowest BCUT2D eigenvalue weighted by atomic mass is 9.92. The van der Waals surface area contributed by atoms with Crippen molar-refractivity contribution in [3.63, 3.8) is 0 Å². The Hall–Kier alpha value is -1.29. The molecule has 1 saturated heterocycles. The second-order valence-electron chi connectivity index (χ2n) is 4.53. The third-order valence-electron chi connectivity index (χ3n) is 3.26. The highest BCUT2D eigenvalue weighted by molar-refractivity contribution is 5.40. The van der Waals surface area contributed by atoms with Crippen molar-refractivity contribution in [2.24, 2.45) is 5.92 Å². The number of aromatic hydroxyl groups is 1. The van der Waals surface area contributed by atoms with Crippen LogP contribution in [-0.2, 0) is 6.42 Å². The lowest BCUT2D eigenvalue weighted by Gasteiger charge is -2.23. The van der Waals surface area contributed by atoms with E-state index in [0.717, 1.165) is 44.0 Å². The van der Waals surface area contributed by atoms with E-state index in [2.05, 4.69) is 5.32 Å². The summed E-state index contributed by atoms with van der Waals surface area (Å²) in [6.45, 7) is 2.02. The van der Waals surface area contributed by atoms with Crippen LogP contribution in [0.4, 0.5) is 4.39 Å². The molecule has 0 bridgehead atoms. The van der Waals surface area contributed by atoms with Crippen LogP contribution in [0.15, 0.2) is 12.1 Å². The van der Waals surface area contributed by atoms with E-state index in [0.29, 0.717) is 5.92 Å². The maximum absolute atomic E-state index is 13.3. The van der Waals surface area contributed by atoms with Gasteiger partial charge in [-0.2, -0.15) is 0 Å². The smallest absolute Gasteiger partial charge is 0.168 e. The van der Waals surface area contributed by atoms with Crippen LogP contribution in [-0.4, -0.2) is 25.3 Å². The Morgan fingerprint density at radius 3 is 3.00 bits per heavy atom. The second-order valence-corrected chi connectivity index (χ2v) is 4.53. The molecular weight excluding hydrogens is 221 g/mol. The minimum Gasteiger partial charge on any atom is -0.508 e. The Balaban J connectivity index is 2.13. The highest BCUT2D eigenvalue weighted by atomic mass is 19.1. The van der Waals surface area contributed by atoms with Crippen molar-refractivity contribution >= 4 is 0 Å². The van der Waals surface area contributed by atoms with Gasteiger partial charge in [-0.15, -0.1) is 0 Å². The van der Waals surface area contributed by atoms with Crippen LogP contribution in [0, 0.1) is 11.7 Å². The van der Waals surface area contributed by atoms with E-state index in [1.807, 2.05) is 0 Å². The second kappa shape index (κ2) is 5.36. The molecule has 0 aliphatic carbocycles. The van der Waals surface area contributed by atoms with E-state index in [9.17, 15) is 9.50 Å². The van der Waals surface area contributed by atoms with Gasteiger partial charge in [-0.05, 0) is 49.9 Å². The number of hydrogen-bond acceptors (Lipinski definition) is 3. The van der Waals surface area contributed by atoms with E-state index >= 15 is 0 Å². The molecular formula is C13H18FNO2. The maximum atomic E-state index is 13.3. The van der Waals surface area contributed by atoms with Gasteiger partial charge in [0.05, 0.1) is 7.11 Å². The van der Waals surface area contributed by atoms with Crippen LogP contribution in [0.1, 0.15) is 18.4 Å². The van der Waals surface area contributed by atoms with Gasteiger partial charge in [-0.1, -0.05) is 0 Å². The standard InChI is InChI=1S/C13H18FNO2/c1-17-13-6-10(12(16)7-11(13)14)5-9-3-2-4-15-8-9/h6-7,9,15-16H,2-5,8H2,1H3. The molecule has 0 aromatic heterocycles. The van der Waals surface area contributed by atoms with Crippen molar-refractivity contribution in [3.05, 3.63) is 23.5 Å². The molecule has 0 saturated carbocycles. The summed E-state index contributed by atoms with van der Waals surface area (Å²) in [4.78, 5) is 0. The summed E-state index contributed by atoms with van der Waals surface area (Å²) in [5, 5.41) is 13.1. The zero-order valence-corrected chi connectivity index (χ0v) is 10.0.